The molecule has 5 heteroatoms. The molecule has 0 aliphatic heterocycles. The highest BCUT2D eigenvalue weighted by atomic mass is 16.5. The standard InChI is InChI=1S/C18H19NO4/c1-12-8-9-13(2)15(10-12)16(17(20)21)19-18(22)23-11-14-6-4-3-5-7-14/h3-10,16H,11H2,1-2H3,(H,19,22)(H,20,21)/t16-/m0/s1. The predicted molar refractivity (Wildman–Crippen MR) is 86.1 cm³/mol. The molecule has 2 aromatic rings. The molecule has 23 heavy (non-hydrogen) atoms. The van der Waals surface area contributed by atoms with E-state index in [1.54, 1.807) is 6.07 Å². The molecule has 5 nitrogen and oxygen atoms in total. The number of benzene rings is 2. The predicted octanol–water partition coefficient (Wildman–Crippen LogP) is 3.36. The number of aliphatic carboxylic acids is 1. The zero-order valence-corrected chi connectivity index (χ0v) is 13.1. The third-order valence-electron chi connectivity index (χ3n) is 3.47. The lowest BCUT2D eigenvalue weighted by Gasteiger charge is -2.17. The first-order valence-corrected chi connectivity index (χ1v) is 7.24. The number of carbonyl (C=O) groups excluding carboxylic acids is 1. The molecule has 1 atom stereocenters. The average molecular weight is 313 g/mol. The largest absolute Gasteiger partial charge is 0.479 e. The second-order valence-electron chi connectivity index (χ2n) is 5.34. The summed E-state index contributed by atoms with van der Waals surface area (Å²) in [7, 11) is 0. The third-order valence-corrected chi connectivity index (χ3v) is 3.47. The molecule has 0 saturated carbocycles. The van der Waals surface area contributed by atoms with E-state index in [9.17, 15) is 14.7 Å². The monoisotopic (exact) mass is 313 g/mol. The van der Waals surface area contributed by atoms with E-state index in [4.69, 9.17) is 4.74 Å². The van der Waals surface area contributed by atoms with Crippen LogP contribution in [0, 0.1) is 13.8 Å². The lowest BCUT2D eigenvalue weighted by molar-refractivity contribution is -0.139. The topological polar surface area (TPSA) is 75.6 Å². The van der Waals surface area contributed by atoms with Gasteiger partial charge in [0.1, 0.15) is 6.61 Å². The number of rotatable bonds is 5. The maximum Gasteiger partial charge on any atom is 0.408 e. The van der Waals surface area contributed by atoms with E-state index in [1.807, 2.05) is 56.3 Å². The van der Waals surface area contributed by atoms with Crippen molar-refractivity contribution in [2.75, 3.05) is 0 Å². The number of amides is 1. The number of carboxylic acids is 1. The molecule has 0 spiro atoms. The first-order valence-electron chi connectivity index (χ1n) is 7.24. The first kappa shape index (κ1) is 16.5. The minimum atomic E-state index is -1.14. The van der Waals surface area contributed by atoms with Gasteiger partial charge in [-0.1, -0.05) is 54.1 Å². The number of carbonyl (C=O) groups is 2. The summed E-state index contributed by atoms with van der Waals surface area (Å²) in [6, 6.07) is 13.5. The van der Waals surface area contributed by atoms with E-state index < -0.39 is 18.1 Å². The normalized spacial score (nSPS) is 11.6. The van der Waals surface area contributed by atoms with Crippen molar-refractivity contribution in [2.24, 2.45) is 0 Å². The van der Waals surface area contributed by atoms with Gasteiger partial charge in [0.05, 0.1) is 0 Å². The summed E-state index contributed by atoms with van der Waals surface area (Å²) < 4.78 is 5.09. The molecule has 0 aliphatic carbocycles. The molecule has 0 bridgehead atoms. The van der Waals surface area contributed by atoms with Gasteiger partial charge in [-0.15, -0.1) is 0 Å². The molecule has 0 aliphatic rings. The van der Waals surface area contributed by atoms with Gasteiger partial charge in [0.25, 0.3) is 0 Å². The van der Waals surface area contributed by atoms with E-state index >= 15 is 0 Å². The Labute approximate surface area is 134 Å². The lowest BCUT2D eigenvalue weighted by atomic mass is 9.99. The highest BCUT2D eigenvalue weighted by Gasteiger charge is 2.24. The Morgan fingerprint density at radius 2 is 1.83 bits per heavy atom. The van der Waals surface area contributed by atoms with Crippen molar-refractivity contribution in [2.45, 2.75) is 26.5 Å². The summed E-state index contributed by atoms with van der Waals surface area (Å²) >= 11 is 0. The molecule has 1 amide bonds. The Morgan fingerprint density at radius 1 is 1.13 bits per heavy atom. The number of ether oxygens (including phenoxy) is 1. The van der Waals surface area contributed by atoms with Crippen LogP contribution in [0.2, 0.25) is 0 Å². The summed E-state index contributed by atoms with van der Waals surface area (Å²) in [5, 5.41) is 11.8. The highest BCUT2D eigenvalue weighted by Crippen LogP contribution is 2.20. The first-order chi connectivity index (χ1) is 11.0. The Hall–Kier alpha value is -2.82. The number of hydrogen-bond acceptors (Lipinski definition) is 3. The van der Waals surface area contributed by atoms with E-state index in [2.05, 4.69) is 5.32 Å². The van der Waals surface area contributed by atoms with Gasteiger partial charge in [-0.05, 0) is 30.5 Å². The summed E-state index contributed by atoms with van der Waals surface area (Å²) in [4.78, 5) is 23.4. The Bertz CT molecular complexity index is 697. The van der Waals surface area contributed by atoms with Crippen molar-refractivity contribution >= 4 is 12.1 Å². The van der Waals surface area contributed by atoms with Gasteiger partial charge in [-0.2, -0.15) is 0 Å². The number of aryl methyl sites for hydroxylation is 2. The average Bonchev–Trinajstić information content (AvgIpc) is 2.54. The van der Waals surface area contributed by atoms with E-state index in [0.29, 0.717) is 5.56 Å². The zero-order valence-electron chi connectivity index (χ0n) is 13.1. The molecule has 2 aromatic carbocycles. The van der Waals surface area contributed by atoms with Crippen molar-refractivity contribution in [1.29, 1.82) is 0 Å². The van der Waals surface area contributed by atoms with Crippen LogP contribution in [0.1, 0.15) is 28.3 Å². The van der Waals surface area contributed by atoms with Gasteiger partial charge in [-0.3, -0.25) is 0 Å². The fraction of sp³-hybridized carbons (Fsp3) is 0.222. The SMILES string of the molecule is Cc1ccc(C)c([C@H](NC(=O)OCc2ccccc2)C(=O)O)c1. The minimum Gasteiger partial charge on any atom is -0.479 e. The summed E-state index contributed by atoms with van der Waals surface area (Å²) in [5.74, 6) is -1.13. The van der Waals surface area contributed by atoms with Crippen LogP contribution in [0.4, 0.5) is 4.79 Å². The fourth-order valence-corrected chi connectivity index (χ4v) is 2.23. The van der Waals surface area contributed by atoms with Crippen LogP contribution in [0.5, 0.6) is 0 Å². The van der Waals surface area contributed by atoms with Gasteiger partial charge in [-0.25, -0.2) is 9.59 Å². The second kappa shape index (κ2) is 7.45. The molecule has 0 heterocycles. The maximum atomic E-state index is 11.9. The van der Waals surface area contributed by atoms with Gasteiger partial charge in [0, 0.05) is 0 Å². The zero-order chi connectivity index (χ0) is 16.8. The van der Waals surface area contributed by atoms with Gasteiger partial charge >= 0.3 is 12.1 Å². The molecule has 0 unspecified atom stereocenters. The quantitative estimate of drug-likeness (QED) is 0.887. The summed E-state index contributed by atoms with van der Waals surface area (Å²) in [6.45, 7) is 3.77. The van der Waals surface area contributed by atoms with Crippen LogP contribution in [0.3, 0.4) is 0 Å². The van der Waals surface area contributed by atoms with Crippen LogP contribution in [-0.4, -0.2) is 17.2 Å². The Kier molecular flexibility index (Phi) is 5.36. The van der Waals surface area contributed by atoms with Crippen molar-refractivity contribution in [1.82, 2.24) is 5.32 Å². The molecule has 2 rings (SSSR count). The molecule has 0 aromatic heterocycles. The number of alkyl carbamates (subject to hydrolysis) is 1. The van der Waals surface area contributed by atoms with Crippen molar-refractivity contribution in [3.63, 3.8) is 0 Å². The van der Waals surface area contributed by atoms with Gasteiger partial charge in [0.2, 0.25) is 0 Å². The van der Waals surface area contributed by atoms with Crippen molar-refractivity contribution in [3.8, 4) is 0 Å². The fourth-order valence-electron chi connectivity index (χ4n) is 2.23. The van der Waals surface area contributed by atoms with Gasteiger partial charge < -0.3 is 15.2 Å². The number of nitrogens with one attached hydrogen (secondary N) is 1. The third kappa shape index (κ3) is 4.57. The van der Waals surface area contributed by atoms with Crippen LogP contribution < -0.4 is 5.32 Å². The Morgan fingerprint density at radius 3 is 2.48 bits per heavy atom. The number of carboxylic acid groups (broad SMARTS) is 1. The molecule has 2 N–H and O–H groups in total. The second-order valence-corrected chi connectivity index (χ2v) is 5.34. The van der Waals surface area contributed by atoms with E-state index in [0.717, 1.165) is 16.7 Å². The molecule has 0 radical (unpaired) electrons. The van der Waals surface area contributed by atoms with E-state index in [-0.39, 0.29) is 6.61 Å². The van der Waals surface area contributed by atoms with Crippen LogP contribution >= 0.6 is 0 Å². The molecular weight excluding hydrogens is 294 g/mol. The van der Waals surface area contributed by atoms with Crippen LogP contribution in [0.25, 0.3) is 0 Å². The van der Waals surface area contributed by atoms with Crippen molar-refractivity contribution in [3.05, 3.63) is 70.8 Å². The maximum absolute atomic E-state index is 11.9. The smallest absolute Gasteiger partial charge is 0.408 e. The molecule has 0 fully saturated rings. The molecule has 120 valence electrons. The summed E-state index contributed by atoms with van der Waals surface area (Å²) in [5.41, 5.74) is 3.11. The molecular formula is C18H19NO4. The van der Waals surface area contributed by atoms with Crippen LogP contribution in [-0.2, 0) is 16.1 Å². The van der Waals surface area contributed by atoms with E-state index in [1.165, 1.54) is 0 Å². The highest BCUT2D eigenvalue weighted by molar-refractivity contribution is 5.81. The minimum absolute atomic E-state index is 0.0891. The van der Waals surface area contributed by atoms with Gasteiger partial charge in [0.15, 0.2) is 6.04 Å². The van der Waals surface area contributed by atoms with Crippen LogP contribution in [0.15, 0.2) is 48.5 Å². The Balaban J connectivity index is 2.06. The van der Waals surface area contributed by atoms with Crippen molar-refractivity contribution < 1.29 is 19.4 Å². The molecule has 0 saturated heterocycles. The lowest BCUT2D eigenvalue weighted by Crippen LogP contribution is -2.34. The number of hydrogen-bond donors (Lipinski definition) is 2. The summed E-state index contributed by atoms with van der Waals surface area (Å²) in [6.07, 6.45) is -0.762.